The molecule has 1 aromatic rings. The minimum Gasteiger partial charge on any atom is -0.348 e. The van der Waals surface area contributed by atoms with Crippen LogP contribution in [0.3, 0.4) is 0 Å². The summed E-state index contributed by atoms with van der Waals surface area (Å²) in [5.41, 5.74) is 0.161. The average molecular weight is 311 g/mol. The monoisotopic (exact) mass is 310 g/mol. The van der Waals surface area contributed by atoms with Crippen molar-refractivity contribution < 1.29 is 0 Å². The molecule has 0 aromatic carbocycles. The van der Waals surface area contributed by atoms with E-state index in [1.807, 2.05) is 17.5 Å². The number of piperidine rings is 1. The molecule has 1 N–H and O–H groups in total. The van der Waals surface area contributed by atoms with Gasteiger partial charge >= 0.3 is 0 Å². The Hall–Kier alpha value is -0.650. The summed E-state index contributed by atoms with van der Waals surface area (Å²) in [6, 6.07) is 0. The molecule has 1 fully saturated rings. The van der Waals surface area contributed by atoms with Gasteiger partial charge in [-0.3, -0.25) is 0 Å². The molecule has 21 heavy (non-hydrogen) atoms. The number of nitrogens with one attached hydrogen (secondary N) is 1. The molecule has 0 atom stereocenters. The lowest BCUT2D eigenvalue weighted by Gasteiger charge is -2.33. The molecule has 0 unspecified atom stereocenters. The number of nitrogens with zero attached hydrogens (tertiary/aromatic N) is 3. The zero-order valence-corrected chi connectivity index (χ0v) is 15.0. The highest BCUT2D eigenvalue weighted by molar-refractivity contribution is 7.15. The van der Waals surface area contributed by atoms with E-state index in [0.29, 0.717) is 0 Å². The van der Waals surface area contributed by atoms with Gasteiger partial charge in [-0.2, -0.15) is 0 Å². The maximum absolute atomic E-state index is 4.62. The molecular formula is C16H30N4S. The first kappa shape index (κ1) is 16.7. The Morgan fingerprint density at radius 3 is 2.57 bits per heavy atom. The zero-order chi connectivity index (χ0) is 15.5. The molecule has 0 radical (unpaired) electrons. The lowest BCUT2D eigenvalue weighted by Crippen LogP contribution is -2.37. The summed E-state index contributed by atoms with van der Waals surface area (Å²) >= 11 is 1.84. The standard InChI is InChI=1S/C16H30N4S/c1-16(2,3)18-11-14-10-17-15(21-14)20-8-6-13(7-9-20)12-19(4)5/h10,13,18H,6-9,11-12H2,1-5H3. The quantitative estimate of drug-likeness (QED) is 0.906. The number of thiazole rings is 1. The van der Waals surface area contributed by atoms with Gasteiger partial charge in [0.2, 0.25) is 0 Å². The molecule has 0 aliphatic carbocycles. The largest absolute Gasteiger partial charge is 0.348 e. The third-order valence-corrected chi connectivity index (χ3v) is 4.90. The van der Waals surface area contributed by atoms with E-state index in [4.69, 9.17) is 0 Å². The first-order valence-corrected chi connectivity index (χ1v) is 8.74. The van der Waals surface area contributed by atoms with Crippen LogP contribution in [0.2, 0.25) is 0 Å². The maximum atomic E-state index is 4.62. The Labute approximate surface area is 133 Å². The normalized spacial score (nSPS) is 17.7. The fraction of sp³-hybridized carbons (Fsp3) is 0.812. The van der Waals surface area contributed by atoms with Gasteiger partial charge in [0.15, 0.2) is 5.13 Å². The van der Waals surface area contributed by atoms with Crippen LogP contribution in [0, 0.1) is 5.92 Å². The predicted molar refractivity (Wildman–Crippen MR) is 92.2 cm³/mol. The second-order valence-electron chi connectivity index (χ2n) is 7.41. The SMILES string of the molecule is CN(C)CC1CCN(c2ncc(CNC(C)(C)C)s2)CC1. The van der Waals surface area contributed by atoms with E-state index in [1.165, 1.54) is 29.4 Å². The van der Waals surface area contributed by atoms with Crippen molar-refractivity contribution in [1.82, 2.24) is 15.2 Å². The van der Waals surface area contributed by atoms with E-state index < -0.39 is 0 Å². The minimum absolute atomic E-state index is 0.161. The van der Waals surface area contributed by atoms with Gasteiger partial charge < -0.3 is 15.1 Å². The van der Waals surface area contributed by atoms with Crippen molar-refractivity contribution in [3.05, 3.63) is 11.1 Å². The maximum Gasteiger partial charge on any atom is 0.185 e. The third-order valence-electron chi connectivity index (χ3n) is 3.84. The van der Waals surface area contributed by atoms with Crippen LogP contribution >= 0.6 is 11.3 Å². The molecular weight excluding hydrogens is 280 g/mol. The molecule has 120 valence electrons. The van der Waals surface area contributed by atoms with E-state index in [2.05, 4.69) is 55.0 Å². The second kappa shape index (κ2) is 7.07. The van der Waals surface area contributed by atoms with E-state index in [9.17, 15) is 0 Å². The van der Waals surface area contributed by atoms with Crippen molar-refractivity contribution in [3.8, 4) is 0 Å². The summed E-state index contributed by atoms with van der Waals surface area (Å²) in [4.78, 5) is 10.7. The van der Waals surface area contributed by atoms with E-state index in [-0.39, 0.29) is 5.54 Å². The number of anilines is 1. The van der Waals surface area contributed by atoms with Gasteiger partial charge in [-0.25, -0.2) is 4.98 Å². The van der Waals surface area contributed by atoms with Crippen molar-refractivity contribution in [2.75, 3.05) is 38.6 Å². The number of hydrogen-bond acceptors (Lipinski definition) is 5. The average Bonchev–Trinajstić information content (AvgIpc) is 2.84. The van der Waals surface area contributed by atoms with Gasteiger partial charge in [-0.05, 0) is 53.6 Å². The van der Waals surface area contributed by atoms with E-state index >= 15 is 0 Å². The topological polar surface area (TPSA) is 31.4 Å². The summed E-state index contributed by atoms with van der Waals surface area (Å²) in [5.74, 6) is 0.846. The first-order chi connectivity index (χ1) is 9.83. The summed E-state index contributed by atoms with van der Waals surface area (Å²) in [5, 5.41) is 4.73. The van der Waals surface area contributed by atoms with Gasteiger partial charge in [0.25, 0.3) is 0 Å². The Bertz CT molecular complexity index is 428. The van der Waals surface area contributed by atoms with Crippen molar-refractivity contribution in [3.63, 3.8) is 0 Å². The molecule has 2 heterocycles. The van der Waals surface area contributed by atoms with Gasteiger partial charge in [0.1, 0.15) is 0 Å². The van der Waals surface area contributed by atoms with Crippen LogP contribution in [0.25, 0.3) is 0 Å². The summed E-state index contributed by atoms with van der Waals surface area (Å²) in [7, 11) is 4.34. The molecule has 0 amide bonds. The van der Waals surface area contributed by atoms with Crippen LogP contribution in [0.1, 0.15) is 38.5 Å². The predicted octanol–water partition coefficient (Wildman–Crippen LogP) is 2.81. The van der Waals surface area contributed by atoms with Crippen molar-refractivity contribution in [1.29, 1.82) is 0 Å². The zero-order valence-electron chi connectivity index (χ0n) is 14.1. The number of rotatable bonds is 5. The third kappa shape index (κ3) is 5.57. The summed E-state index contributed by atoms with van der Waals surface area (Å²) in [6.45, 7) is 11.0. The lowest BCUT2D eigenvalue weighted by molar-refractivity contribution is 0.285. The van der Waals surface area contributed by atoms with Crippen LogP contribution in [0.5, 0.6) is 0 Å². The Morgan fingerprint density at radius 2 is 2.00 bits per heavy atom. The van der Waals surface area contributed by atoms with Crippen molar-refractivity contribution in [2.45, 2.75) is 45.7 Å². The lowest BCUT2D eigenvalue weighted by atomic mass is 9.97. The van der Waals surface area contributed by atoms with Gasteiger partial charge in [-0.1, -0.05) is 0 Å². The first-order valence-electron chi connectivity index (χ1n) is 7.93. The van der Waals surface area contributed by atoms with Gasteiger partial charge in [-0.15, -0.1) is 11.3 Å². The molecule has 1 aromatic heterocycles. The highest BCUT2D eigenvalue weighted by Gasteiger charge is 2.21. The second-order valence-corrected chi connectivity index (χ2v) is 8.50. The van der Waals surface area contributed by atoms with Crippen LogP contribution in [0.4, 0.5) is 5.13 Å². The number of hydrogen-bond donors (Lipinski definition) is 1. The molecule has 1 aliphatic heterocycles. The van der Waals surface area contributed by atoms with Crippen LogP contribution in [0.15, 0.2) is 6.20 Å². The van der Waals surface area contributed by atoms with Crippen molar-refractivity contribution >= 4 is 16.5 Å². The van der Waals surface area contributed by atoms with Crippen LogP contribution in [-0.2, 0) is 6.54 Å². The van der Waals surface area contributed by atoms with Gasteiger partial charge in [0.05, 0.1) is 0 Å². The fourth-order valence-corrected chi connectivity index (χ4v) is 3.60. The van der Waals surface area contributed by atoms with Crippen molar-refractivity contribution in [2.24, 2.45) is 5.92 Å². The molecule has 4 nitrogen and oxygen atoms in total. The Balaban J connectivity index is 1.82. The molecule has 0 saturated carbocycles. The molecule has 1 aliphatic rings. The summed E-state index contributed by atoms with van der Waals surface area (Å²) < 4.78 is 0. The molecule has 5 heteroatoms. The molecule has 1 saturated heterocycles. The summed E-state index contributed by atoms with van der Waals surface area (Å²) in [6.07, 6.45) is 4.60. The minimum atomic E-state index is 0.161. The molecule has 2 rings (SSSR count). The van der Waals surface area contributed by atoms with E-state index in [0.717, 1.165) is 25.6 Å². The van der Waals surface area contributed by atoms with Gasteiger partial charge in [0, 0.05) is 42.8 Å². The number of aromatic nitrogens is 1. The molecule has 0 spiro atoms. The Morgan fingerprint density at radius 1 is 1.33 bits per heavy atom. The fourth-order valence-electron chi connectivity index (χ4n) is 2.70. The van der Waals surface area contributed by atoms with Crippen LogP contribution in [-0.4, -0.2) is 49.2 Å². The van der Waals surface area contributed by atoms with Crippen LogP contribution < -0.4 is 10.2 Å². The molecule has 0 bridgehead atoms. The smallest absolute Gasteiger partial charge is 0.185 e. The highest BCUT2D eigenvalue weighted by Crippen LogP contribution is 2.27. The Kier molecular flexibility index (Phi) is 5.63. The highest BCUT2D eigenvalue weighted by atomic mass is 32.1. The van der Waals surface area contributed by atoms with E-state index in [1.54, 1.807) is 0 Å².